The SMILES string of the molecule is C=C(C)C1CC2C(CC3OC=C(c4ccc(O)cc4O)C(=O)C3C2O)O1. The van der Waals surface area contributed by atoms with Crippen LogP contribution in [0.2, 0.25) is 0 Å². The zero-order valence-corrected chi connectivity index (χ0v) is 14.5. The number of fused-ring (bicyclic) bond motifs is 2. The van der Waals surface area contributed by atoms with Gasteiger partial charge in [0.15, 0.2) is 5.78 Å². The molecule has 6 atom stereocenters. The van der Waals surface area contributed by atoms with Crippen molar-refractivity contribution in [2.24, 2.45) is 11.8 Å². The van der Waals surface area contributed by atoms with Gasteiger partial charge in [0.25, 0.3) is 0 Å². The van der Waals surface area contributed by atoms with Crippen LogP contribution in [0.25, 0.3) is 5.57 Å². The number of benzene rings is 1. The minimum Gasteiger partial charge on any atom is -0.508 e. The molecule has 0 radical (unpaired) electrons. The normalized spacial score (nSPS) is 35.9. The predicted octanol–water partition coefficient (Wildman–Crippen LogP) is 2.14. The maximum Gasteiger partial charge on any atom is 0.176 e. The van der Waals surface area contributed by atoms with Crippen LogP contribution in [0.15, 0.2) is 36.6 Å². The standard InChI is InChI=1S/C20H22O6/c1-9(2)15-6-12-16(26-15)7-17-18(19(12)23)20(24)13(8-25-17)11-4-3-10(21)5-14(11)22/h3-5,8,12,15-19,21-23H,1,6-7H2,2H3. The minimum absolute atomic E-state index is 0.0941. The van der Waals surface area contributed by atoms with E-state index in [1.54, 1.807) is 0 Å². The van der Waals surface area contributed by atoms with Gasteiger partial charge in [-0.3, -0.25) is 4.79 Å². The van der Waals surface area contributed by atoms with Gasteiger partial charge in [0.2, 0.25) is 0 Å². The average Bonchev–Trinajstić information content (AvgIpc) is 3.01. The highest BCUT2D eigenvalue weighted by atomic mass is 16.5. The Balaban J connectivity index is 1.63. The third-order valence-electron chi connectivity index (χ3n) is 5.72. The van der Waals surface area contributed by atoms with E-state index in [9.17, 15) is 20.1 Å². The van der Waals surface area contributed by atoms with Gasteiger partial charge in [-0.05, 0) is 25.5 Å². The number of aliphatic hydroxyl groups is 1. The molecule has 1 saturated heterocycles. The van der Waals surface area contributed by atoms with E-state index in [-0.39, 0.29) is 46.5 Å². The number of carbonyl (C=O) groups excluding carboxylic acids is 1. The summed E-state index contributed by atoms with van der Waals surface area (Å²) in [6.07, 6.45) is 0.924. The molecule has 1 saturated carbocycles. The van der Waals surface area contributed by atoms with Crippen LogP contribution < -0.4 is 0 Å². The Labute approximate surface area is 151 Å². The first-order valence-electron chi connectivity index (χ1n) is 8.78. The van der Waals surface area contributed by atoms with Gasteiger partial charge in [-0.2, -0.15) is 0 Å². The maximum absolute atomic E-state index is 13.1. The molecule has 2 fully saturated rings. The van der Waals surface area contributed by atoms with Crippen molar-refractivity contribution in [2.45, 2.75) is 44.2 Å². The van der Waals surface area contributed by atoms with Gasteiger partial charge in [0.1, 0.15) is 17.6 Å². The first-order chi connectivity index (χ1) is 12.4. The smallest absolute Gasteiger partial charge is 0.176 e. The molecule has 0 amide bonds. The van der Waals surface area contributed by atoms with Gasteiger partial charge >= 0.3 is 0 Å². The highest BCUT2D eigenvalue weighted by molar-refractivity contribution is 6.23. The number of ether oxygens (including phenoxy) is 2. The zero-order valence-electron chi connectivity index (χ0n) is 14.5. The second kappa shape index (κ2) is 6.14. The van der Waals surface area contributed by atoms with Crippen LogP contribution in [0.3, 0.4) is 0 Å². The topological polar surface area (TPSA) is 96.2 Å². The van der Waals surface area contributed by atoms with E-state index in [4.69, 9.17) is 9.47 Å². The van der Waals surface area contributed by atoms with Gasteiger partial charge in [-0.1, -0.05) is 12.2 Å². The largest absolute Gasteiger partial charge is 0.508 e. The van der Waals surface area contributed by atoms with Crippen LogP contribution in [0.5, 0.6) is 11.5 Å². The van der Waals surface area contributed by atoms with Crippen LogP contribution in [0.1, 0.15) is 25.3 Å². The molecule has 0 bridgehead atoms. The fraction of sp³-hybridized carbons (Fsp3) is 0.450. The predicted molar refractivity (Wildman–Crippen MR) is 93.3 cm³/mol. The number of phenolic OH excluding ortho intramolecular Hbond substituents is 2. The lowest BCUT2D eigenvalue weighted by molar-refractivity contribution is -0.144. The van der Waals surface area contributed by atoms with E-state index in [1.165, 1.54) is 24.5 Å². The number of carbonyl (C=O) groups is 1. The summed E-state index contributed by atoms with van der Waals surface area (Å²) in [6.45, 7) is 5.83. The van der Waals surface area contributed by atoms with Crippen molar-refractivity contribution in [3.8, 4) is 11.5 Å². The summed E-state index contributed by atoms with van der Waals surface area (Å²) in [4.78, 5) is 13.1. The number of ketones is 1. The van der Waals surface area contributed by atoms with Crippen molar-refractivity contribution in [1.29, 1.82) is 0 Å². The number of aromatic hydroxyl groups is 2. The highest BCUT2D eigenvalue weighted by Gasteiger charge is 2.54. The molecule has 1 aromatic rings. The van der Waals surface area contributed by atoms with Crippen molar-refractivity contribution < 1.29 is 29.6 Å². The number of aliphatic hydroxyl groups excluding tert-OH is 1. The maximum atomic E-state index is 13.1. The Morgan fingerprint density at radius 3 is 2.69 bits per heavy atom. The molecule has 26 heavy (non-hydrogen) atoms. The van der Waals surface area contributed by atoms with Crippen molar-refractivity contribution >= 4 is 11.4 Å². The molecule has 6 nitrogen and oxygen atoms in total. The lowest BCUT2D eigenvalue weighted by Crippen LogP contribution is -2.52. The first-order valence-corrected chi connectivity index (χ1v) is 8.78. The molecule has 6 unspecified atom stereocenters. The summed E-state index contributed by atoms with van der Waals surface area (Å²) in [7, 11) is 0. The lowest BCUT2D eigenvalue weighted by Gasteiger charge is -2.42. The molecule has 138 valence electrons. The van der Waals surface area contributed by atoms with Crippen LogP contribution in [0, 0.1) is 11.8 Å². The molecule has 3 N–H and O–H groups in total. The van der Waals surface area contributed by atoms with Gasteiger partial charge in [-0.25, -0.2) is 0 Å². The molecular formula is C20H22O6. The summed E-state index contributed by atoms with van der Waals surface area (Å²) in [5.41, 5.74) is 1.40. The van der Waals surface area contributed by atoms with Gasteiger partial charge < -0.3 is 24.8 Å². The van der Waals surface area contributed by atoms with E-state index < -0.39 is 18.1 Å². The number of rotatable bonds is 2. The van der Waals surface area contributed by atoms with Crippen molar-refractivity contribution in [3.05, 3.63) is 42.2 Å². The summed E-state index contributed by atoms with van der Waals surface area (Å²) in [5.74, 6) is -1.40. The molecule has 2 aliphatic heterocycles. The van der Waals surface area contributed by atoms with Crippen LogP contribution in [0.4, 0.5) is 0 Å². The Hall–Kier alpha value is -2.31. The fourth-order valence-electron chi connectivity index (χ4n) is 4.34. The summed E-state index contributed by atoms with van der Waals surface area (Å²) in [6, 6.07) is 4.03. The van der Waals surface area contributed by atoms with E-state index in [0.29, 0.717) is 12.8 Å². The van der Waals surface area contributed by atoms with Crippen LogP contribution >= 0.6 is 0 Å². The Bertz CT molecular complexity index is 797. The van der Waals surface area contributed by atoms with Gasteiger partial charge in [0, 0.05) is 24.0 Å². The quantitative estimate of drug-likeness (QED) is 0.701. The number of Topliss-reactive ketones (excluding diaryl/α,β-unsaturated/α-hetero) is 1. The molecule has 0 aromatic heterocycles. The Kier molecular flexibility index (Phi) is 4.04. The van der Waals surface area contributed by atoms with Crippen LogP contribution in [-0.4, -0.2) is 45.5 Å². The van der Waals surface area contributed by atoms with Crippen molar-refractivity contribution in [3.63, 3.8) is 0 Å². The summed E-state index contributed by atoms with van der Waals surface area (Å²) >= 11 is 0. The average molecular weight is 358 g/mol. The number of hydrogen-bond acceptors (Lipinski definition) is 6. The summed E-state index contributed by atoms with van der Waals surface area (Å²) < 4.78 is 11.7. The second-order valence-corrected chi connectivity index (χ2v) is 7.43. The monoisotopic (exact) mass is 358 g/mol. The lowest BCUT2D eigenvalue weighted by atomic mass is 9.70. The molecule has 2 heterocycles. The van der Waals surface area contributed by atoms with E-state index in [2.05, 4.69) is 6.58 Å². The number of hydrogen-bond donors (Lipinski definition) is 3. The molecular weight excluding hydrogens is 336 g/mol. The van der Waals surface area contributed by atoms with E-state index in [0.717, 1.165) is 5.57 Å². The molecule has 0 spiro atoms. The van der Waals surface area contributed by atoms with Crippen molar-refractivity contribution in [2.75, 3.05) is 0 Å². The third kappa shape index (κ3) is 2.61. The van der Waals surface area contributed by atoms with Crippen molar-refractivity contribution in [1.82, 2.24) is 0 Å². The second-order valence-electron chi connectivity index (χ2n) is 7.43. The van der Waals surface area contributed by atoms with E-state index >= 15 is 0 Å². The van der Waals surface area contributed by atoms with Gasteiger partial charge in [-0.15, -0.1) is 0 Å². The zero-order chi connectivity index (χ0) is 18.6. The summed E-state index contributed by atoms with van der Waals surface area (Å²) in [5, 5.41) is 30.4. The fourth-order valence-corrected chi connectivity index (χ4v) is 4.34. The number of allylic oxidation sites excluding steroid dienone is 1. The van der Waals surface area contributed by atoms with Crippen LogP contribution in [-0.2, 0) is 14.3 Å². The molecule has 4 rings (SSSR count). The molecule has 1 aromatic carbocycles. The molecule has 3 aliphatic rings. The molecule has 1 aliphatic carbocycles. The van der Waals surface area contributed by atoms with Gasteiger partial charge in [0.05, 0.1) is 36.1 Å². The first kappa shape index (κ1) is 17.1. The Morgan fingerprint density at radius 1 is 1.23 bits per heavy atom. The molecule has 6 heteroatoms. The third-order valence-corrected chi connectivity index (χ3v) is 5.72. The highest BCUT2D eigenvalue weighted by Crippen LogP contribution is 2.46. The Morgan fingerprint density at radius 2 is 2.00 bits per heavy atom. The number of phenols is 2. The minimum atomic E-state index is -0.876. The van der Waals surface area contributed by atoms with E-state index in [1.807, 2.05) is 6.92 Å².